The van der Waals surface area contributed by atoms with E-state index in [1.165, 1.54) is 11.1 Å². The number of halogens is 3. The first-order valence-electron chi connectivity index (χ1n) is 11.6. The van der Waals surface area contributed by atoms with Gasteiger partial charge in [-0.05, 0) is 54.2 Å². The quantitative estimate of drug-likeness (QED) is 0.713. The van der Waals surface area contributed by atoms with Gasteiger partial charge in [0.2, 0.25) is 0 Å². The Balaban J connectivity index is 1.34. The molecule has 1 saturated carbocycles. The zero-order valence-corrected chi connectivity index (χ0v) is 19.3. The molecule has 0 unspecified atom stereocenters. The van der Waals surface area contributed by atoms with Crippen molar-refractivity contribution in [3.05, 3.63) is 41.0 Å². The Morgan fingerprint density at radius 2 is 1.82 bits per heavy atom. The standard InChI is InChI=1S/C23H30F3N3O3S/c24-23(25,26)16-29-15-22(27-33(29,30)31)20-5-6-21(22)14-19-12-17(3-4-18(19)13-20)2-1-7-28-8-10-32-11-9-28/h1-4,12,20-21,27H,5-11,13-16H2/t20-,21+,22+/m0/s1. The van der Waals surface area contributed by atoms with E-state index in [0.717, 1.165) is 51.3 Å². The van der Waals surface area contributed by atoms with Crippen LogP contribution in [-0.2, 0) is 27.8 Å². The third kappa shape index (κ3) is 4.73. The summed E-state index contributed by atoms with van der Waals surface area (Å²) in [7, 11) is -4.15. The van der Waals surface area contributed by atoms with Gasteiger partial charge in [-0.15, -0.1) is 0 Å². The van der Waals surface area contributed by atoms with Crippen molar-refractivity contribution in [3.63, 3.8) is 0 Å². The fourth-order valence-electron chi connectivity index (χ4n) is 6.09. The van der Waals surface area contributed by atoms with Crippen molar-refractivity contribution in [2.24, 2.45) is 11.8 Å². The molecule has 6 nitrogen and oxygen atoms in total. The molecule has 2 aliphatic carbocycles. The summed E-state index contributed by atoms with van der Waals surface area (Å²) in [6, 6.07) is 6.35. The summed E-state index contributed by atoms with van der Waals surface area (Å²) in [5.74, 6) is -0.0104. The highest BCUT2D eigenvalue weighted by molar-refractivity contribution is 7.87. The van der Waals surface area contributed by atoms with Crippen molar-refractivity contribution in [2.45, 2.75) is 37.4 Å². The first kappa shape index (κ1) is 23.3. The molecule has 3 fully saturated rings. The van der Waals surface area contributed by atoms with Gasteiger partial charge >= 0.3 is 6.18 Å². The minimum absolute atomic E-state index is 0.000490. The zero-order chi connectivity index (χ0) is 23.3. The van der Waals surface area contributed by atoms with E-state index >= 15 is 0 Å². The minimum atomic E-state index is -4.56. The van der Waals surface area contributed by atoms with Crippen LogP contribution in [0.1, 0.15) is 29.5 Å². The predicted molar refractivity (Wildman–Crippen MR) is 119 cm³/mol. The first-order valence-corrected chi connectivity index (χ1v) is 13.0. The van der Waals surface area contributed by atoms with E-state index in [1.807, 2.05) is 0 Å². The lowest BCUT2D eigenvalue weighted by atomic mass is 9.79. The maximum Gasteiger partial charge on any atom is 0.402 e. The molecule has 1 spiro atoms. The van der Waals surface area contributed by atoms with E-state index in [9.17, 15) is 21.6 Å². The summed E-state index contributed by atoms with van der Waals surface area (Å²) >= 11 is 0. The van der Waals surface area contributed by atoms with Gasteiger partial charge < -0.3 is 4.74 Å². The van der Waals surface area contributed by atoms with Crippen LogP contribution >= 0.6 is 0 Å². The van der Waals surface area contributed by atoms with Crippen LogP contribution in [0.2, 0.25) is 0 Å². The van der Waals surface area contributed by atoms with Gasteiger partial charge in [0.25, 0.3) is 10.2 Å². The molecular weight excluding hydrogens is 455 g/mol. The SMILES string of the molecule is O=S1(=O)N[C@@]2(CN1CC(F)(F)F)[C@@H]1CC[C@H]2Cc2ccc(C=CCN3CCOCC3)cc2C1. The molecule has 1 aromatic rings. The van der Waals surface area contributed by atoms with Crippen LogP contribution in [-0.4, -0.2) is 75.3 Å². The number of alkyl halides is 3. The summed E-state index contributed by atoms with van der Waals surface area (Å²) in [5.41, 5.74) is 2.64. The van der Waals surface area contributed by atoms with E-state index in [4.69, 9.17) is 4.74 Å². The third-order valence-corrected chi connectivity index (χ3v) is 9.29. The van der Waals surface area contributed by atoms with E-state index < -0.39 is 28.5 Å². The molecule has 182 valence electrons. The number of nitrogens with one attached hydrogen (secondary N) is 1. The highest BCUT2D eigenvalue weighted by Crippen LogP contribution is 2.50. The topological polar surface area (TPSA) is 61.9 Å². The molecule has 3 atom stereocenters. The van der Waals surface area contributed by atoms with E-state index in [2.05, 4.69) is 40.0 Å². The third-order valence-electron chi connectivity index (χ3n) is 7.71. The summed E-state index contributed by atoms with van der Waals surface area (Å²) in [6.07, 6.45) is 2.72. The monoisotopic (exact) mass is 485 g/mol. The highest BCUT2D eigenvalue weighted by atomic mass is 32.2. The van der Waals surface area contributed by atoms with Gasteiger partial charge in [0, 0.05) is 26.2 Å². The molecule has 2 heterocycles. The minimum Gasteiger partial charge on any atom is -0.379 e. The van der Waals surface area contributed by atoms with Gasteiger partial charge in [-0.2, -0.15) is 30.6 Å². The number of morpholine rings is 1. The van der Waals surface area contributed by atoms with Crippen LogP contribution in [0.3, 0.4) is 0 Å². The lowest BCUT2D eigenvalue weighted by Gasteiger charge is -2.33. The Bertz CT molecular complexity index is 1020. The average molecular weight is 486 g/mol. The fraction of sp³-hybridized carbons (Fsp3) is 0.652. The van der Waals surface area contributed by atoms with Gasteiger partial charge in [0.05, 0.1) is 18.8 Å². The fourth-order valence-corrected chi connectivity index (χ4v) is 7.80. The molecule has 1 N–H and O–H groups in total. The van der Waals surface area contributed by atoms with Crippen LogP contribution in [0, 0.1) is 11.8 Å². The summed E-state index contributed by atoms with van der Waals surface area (Å²) < 4.78 is 73.0. The van der Waals surface area contributed by atoms with E-state index in [1.54, 1.807) is 0 Å². The van der Waals surface area contributed by atoms with Gasteiger partial charge in [-0.25, -0.2) is 0 Å². The van der Waals surface area contributed by atoms with Crippen molar-refractivity contribution in [1.82, 2.24) is 13.9 Å². The van der Waals surface area contributed by atoms with Crippen molar-refractivity contribution < 1.29 is 26.3 Å². The average Bonchev–Trinajstić information content (AvgIpc) is 3.12. The normalized spacial score (nSPS) is 32.5. The van der Waals surface area contributed by atoms with E-state index in [-0.39, 0.29) is 18.4 Å². The molecule has 5 rings (SSSR count). The number of ether oxygens (including phenoxy) is 1. The Hall–Kier alpha value is -1.46. The Morgan fingerprint density at radius 3 is 2.52 bits per heavy atom. The van der Waals surface area contributed by atoms with Crippen molar-refractivity contribution in [3.8, 4) is 0 Å². The molecule has 33 heavy (non-hydrogen) atoms. The number of rotatable bonds is 4. The molecule has 0 aromatic heterocycles. The lowest BCUT2D eigenvalue weighted by molar-refractivity contribution is -0.136. The van der Waals surface area contributed by atoms with Gasteiger partial charge in [0.15, 0.2) is 0 Å². The molecule has 2 aliphatic heterocycles. The van der Waals surface area contributed by atoms with Crippen LogP contribution in [0.15, 0.2) is 24.3 Å². The largest absolute Gasteiger partial charge is 0.402 e. The molecule has 1 aromatic carbocycles. The molecule has 4 aliphatic rings. The number of fused-ring (bicyclic) bond motifs is 1. The lowest BCUT2D eigenvalue weighted by Crippen LogP contribution is -2.52. The molecule has 2 bridgehead atoms. The van der Waals surface area contributed by atoms with Gasteiger partial charge in [-0.3, -0.25) is 4.90 Å². The summed E-state index contributed by atoms with van der Waals surface area (Å²) in [4.78, 5) is 2.34. The Morgan fingerprint density at radius 1 is 1.12 bits per heavy atom. The van der Waals surface area contributed by atoms with Crippen molar-refractivity contribution in [1.29, 1.82) is 0 Å². The number of nitrogens with zero attached hydrogens (tertiary/aromatic N) is 2. The smallest absolute Gasteiger partial charge is 0.379 e. The Kier molecular flexibility index (Phi) is 6.10. The summed E-state index contributed by atoms with van der Waals surface area (Å²) in [6.45, 7) is 2.72. The maximum absolute atomic E-state index is 13.0. The predicted octanol–water partition coefficient (Wildman–Crippen LogP) is 2.61. The first-order chi connectivity index (χ1) is 15.6. The molecular formula is C23H30F3N3O3S. The summed E-state index contributed by atoms with van der Waals surface area (Å²) in [5, 5.41) is 0. The maximum atomic E-state index is 13.0. The molecule has 0 amide bonds. The highest BCUT2D eigenvalue weighted by Gasteiger charge is 2.60. The van der Waals surface area contributed by atoms with Crippen LogP contribution in [0.25, 0.3) is 6.08 Å². The van der Waals surface area contributed by atoms with Crippen LogP contribution in [0.5, 0.6) is 0 Å². The molecule has 10 heteroatoms. The van der Waals surface area contributed by atoms with E-state index in [0.29, 0.717) is 17.1 Å². The van der Waals surface area contributed by atoms with Crippen molar-refractivity contribution in [2.75, 3.05) is 45.9 Å². The second-order valence-electron chi connectivity index (χ2n) is 9.75. The van der Waals surface area contributed by atoms with Gasteiger partial charge in [-0.1, -0.05) is 30.4 Å². The van der Waals surface area contributed by atoms with Crippen LogP contribution < -0.4 is 4.72 Å². The number of hydrogen-bond donors (Lipinski definition) is 1. The second-order valence-corrected chi connectivity index (χ2v) is 11.4. The molecule has 0 radical (unpaired) electrons. The van der Waals surface area contributed by atoms with Crippen molar-refractivity contribution >= 4 is 16.3 Å². The zero-order valence-electron chi connectivity index (χ0n) is 18.5. The molecule has 2 saturated heterocycles. The second kappa shape index (κ2) is 8.64. The Labute approximate surface area is 192 Å². The van der Waals surface area contributed by atoms with Crippen LogP contribution in [0.4, 0.5) is 13.2 Å². The van der Waals surface area contributed by atoms with Gasteiger partial charge in [0.1, 0.15) is 6.54 Å². The number of benzene rings is 1. The number of hydrogen-bond acceptors (Lipinski definition) is 4.